The van der Waals surface area contributed by atoms with Gasteiger partial charge in [0.2, 0.25) is 0 Å². The summed E-state index contributed by atoms with van der Waals surface area (Å²) in [6, 6.07) is 0. The Hall–Kier alpha value is 1.22. The van der Waals surface area contributed by atoms with Crippen molar-refractivity contribution in [1.82, 2.24) is 0 Å². The largest absolute Gasteiger partial charge is 0.0582 e. The van der Waals surface area contributed by atoms with Gasteiger partial charge in [-0.3, -0.25) is 0 Å². The van der Waals surface area contributed by atoms with Gasteiger partial charge in [0.1, 0.15) is 0 Å². The molecular formula is C4H10Cl3S. The van der Waals surface area contributed by atoms with Crippen LogP contribution in [0, 0.1) is 0 Å². The van der Waals surface area contributed by atoms with Crippen molar-refractivity contribution < 1.29 is 0 Å². The molecule has 0 aromatic carbocycles. The van der Waals surface area contributed by atoms with Gasteiger partial charge in [0.15, 0.2) is 0 Å². The highest BCUT2D eigenvalue weighted by Gasteiger charge is 2.30. The summed E-state index contributed by atoms with van der Waals surface area (Å²) < 4.78 is 0. The number of hydrogen-bond acceptors (Lipinski definition) is 0. The Morgan fingerprint density at radius 3 is 1.25 bits per heavy atom. The average molecular weight is 197 g/mol. The van der Waals surface area contributed by atoms with E-state index in [2.05, 4.69) is 0 Å². The molecule has 0 saturated carbocycles. The lowest BCUT2D eigenvalue weighted by atomic mass is 11.0. The molecule has 0 heterocycles. The average Bonchev–Trinajstić information content (AvgIpc) is 1.68. The summed E-state index contributed by atoms with van der Waals surface area (Å²) in [5.41, 5.74) is 0. The second-order valence-electron chi connectivity index (χ2n) is 1.61. The van der Waals surface area contributed by atoms with E-state index in [1.165, 1.54) is 0 Å². The lowest BCUT2D eigenvalue weighted by Gasteiger charge is -2.37. The summed E-state index contributed by atoms with van der Waals surface area (Å²) in [4.78, 5) is 0. The lowest BCUT2D eigenvalue weighted by Crippen LogP contribution is -1.99. The zero-order chi connectivity index (χ0) is 6.86. The fourth-order valence-corrected chi connectivity index (χ4v) is 0.612. The molecule has 0 fully saturated rings. The van der Waals surface area contributed by atoms with E-state index in [4.69, 9.17) is 32.0 Å². The van der Waals surface area contributed by atoms with Crippen LogP contribution in [0.1, 0.15) is 13.8 Å². The van der Waals surface area contributed by atoms with Crippen LogP contribution in [-0.2, 0) is 0 Å². The Kier molecular flexibility index (Phi) is 2.83. The van der Waals surface area contributed by atoms with Gasteiger partial charge in [-0.1, -0.05) is 20.6 Å². The Morgan fingerprint density at radius 2 is 1.25 bits per heavy atom. The lowest BCUT2D eigenvalue weighted by molar-refractivity contribution is 1.44. The SMILES string of the molecule is CC[S](Cl)(Cl)(Cl)CC. The first-order chi connectivity index (χ1) is 3.39. The van der Waals surface area contributed by atoms with E-state index in [0.717, 1.165) is 0 Å². The monoisotopic (exact) mass is 195 g/mol. The molecule has 53 valence electrons. The summed E-state index contributed by atoms with van der Waals surface area (Å²) in [6.45, 7) is 1.34. The topological polar surface area (TPSA) is 0 Å². The van der Waals surface area contributed by atoms with E-state index < -0.39 is 6.80 Å². The summed E-state index contributed by atoms with van der Waals surface area (Å²) in [7, 11) is 17.4. The third kappa shape index (κ3) is 3.29. The van der Waals surface area contributed by atoms with Crippen LogP contribution in [0.5, 0.6) is 0 Å². The Balaban J connectivity index is 3.99. The molecule has 0 aliphatic heterocycles. The summed E-state index contributed by atoms with van der Waals surface area (Å²) in [6.07, 6.45) is 0. The van der Waals surface area contributed by atoms with Crippen LogP contribution < -0.4 is 0 Å². The third-order valence-electron chi connectivity index (χ3n) is 1.06. The van der Waals surface area contributed by atoms with Crippen molar-refractivity contribution in [2.45, 2.75) is 13.8 Å². The zero-order valence-corrected chi connectivity index (χ0v) is 8.04. The molecule has 0 bridgehead atoms. The van der Waals surface area contributed by atoms with Crippen LogP contribution in [0.25, 0.3) is 0 Å². The van der Waals surface area contributed by atoms with Gasteiger partial charge in [0.25, 0.3) is 0 Å². The maximum absolute atomic E-state index is 5.80. The zero-order valence-electron chi connectivity index (χ0n) is 4.96. The van der Waals surface area contributed by atoms with E-state index in [9.17, 15) is 0 Å². The van der Waals surface area contributed by atoms with Crippen molar-refractivity contribution in [1.29, 1.82) is 0 Å². The molecule has 0 nitrogen and oxygen atoms in total. The molecule has 1 radical (unpaired) electrons. The Bertz CT molecular complexity index is 75.0. The fraction of sp³-hybridized carbons (Fsp3) is 1.00. The van der Waals surface area contributed by atoms with E-state index >= 15 is 0 Å². The minimum Gasteiger partial charge on any atom is -0.0582 e. The van der Waals surface area contributed by atoms with Crippen molar-refractivity contribution in [3.63, 3.8) is 0 Å². The smallest absolute Gasteiger partial charge is 0.00421 e. The van der Waals surface area contributed by atoms with Gasteiger partial charge in [0.05, 0.1) is 0 Å². The molecule has 4 heteroatoms. The van der Waals surface area contributed by atoms with Crippen molar-refractivity contribution in [3.8, 4) is 0 Å². The molecular weight excluding hydrogens is 186 g/mol. The van der Waals surface area contributed by atoms with Crippen LogP contribution in [-0.4, -0.2) is 11.5 Å². The molecule has 0 N–H and O–H groups in total. The summed E-state index contributed by atoms with van der Waals surface area (Å²) in [5, 5.41) is 0. The summed E-state index contributed by atoms with van der Waals surface area (Å²) in [5.74, 6) is 1.33. The van der Waals surface area contributed by atoms with Crippen LogP contribution in [0.15, 0.2) is 0 Å². The van der Waals surface area contributed by atoms with Gasteiger partial charge in [-0.2, -0.15) is 0 Å². The molecule has 0 spiro atoms. The van der Waals surface area contributed by atoms with Crippen molar-refractivity contribution in [2.75, 3.05) is 11.5 Å². The molecule has 0 unspecified atom stereocenters. The number of rotatable bonds is 2. The van der Waals surface area contributed by atoms with Crippen LogP contribution in [0.2, 0.25) is 0 Å². The molecule has 0 atom stereocenters. The van der Waals surface area contributed by atoms with Gasteiger partial charge < -0.3 is 0 Å². The Morgan fingerprint density at radius 1 is 1.00 bits per heavy atom. The third-order valence-corrected chi connectivity index (χ3v) is 7.12. The first-order valence-electron chi connectivity index (χ1n) is 2.45. The maximum Gasteiger partial charge on any atom is 0.00421 e. The predicted octanol–water partition coefficient (Wildman–Crippen LogP) is 3.83. The molecule has 0 aliphatic carbocycles. The highest BCUT2D eigenvalue weighted by Crippen LogP contribution is 2.82. The standard InChI is InChI=1S/C4H10Cl3S/c1-3-8(5,6,7)4-2/h3-4H2,1-2H3. The number of hydrogen-bond donors (Lipinski definition) is 0. The fourth-order valence-electron chi connectivity index (χ4n) is 0.204. The summed E-state index contributed by atoms with van der Waals surface area (Å²) >= 11 is 0. The van der Waals surface area contributed by atoms with Gasteiger partial charge in [-0.25, -0.2) is 0 Å². The van der Waals surface area contributed by atoms with E-state index in [1.807, 2.05) is 13.8 Å². The maximum atomic E-state index is 5.80. The second-order valence-corrected chi connectivity index (χ2v) is 13.0. The highest BCUT2D eigenvalue weighted by atomic mass is 36.2. The van der Waals surface area contributed by atoms with Crippen LogP contribution in [0.4, 0.5) is 0 Å². The van der Waals surface area contributed by atoms with E-state index in [1.54, 1.807) is 0 Å². The minimum absolute atomic E-state index is 0.665. The normalized spacial score (nSPS) is 17.4. The Labute approximate surface area is 64.3 Å². The van der Waals surface area contributed by atoms with Gasteiger partial charge in [-0.05, 0) is 32.0 Å². The van der Waals surface area contributed by atoms with Gasteiger partial charge >= 0.3 is 0 Å². The number of halogens is 3. The molecule has 0 saturated heterocycles. The highest BCUT2D eigenvalue weighted by molar-refractivity contribution is 8.91. The van der Waals surface area contributed by atoms with Crippen molar-refractivity contribution >= 4 is 38.8 Å². The quantitative estimate of drug-likeness (QED) is 0.630. The first-order valence-corrected chi connectivity index (χ1v) is 7.31. The van der Waals surface area contributed by atoms with Crippen LogP contribution in [0.3, 0.4) is 0 Å². The van der Waals surface area contributed by atoms with Gasteiger partial charge in [-0.15, -0.1) is 0 Å². The molecule has 0 aromatic rings. The molecule has 0 amide bonds. The van der Waals surface area contributed by atoms with Crippen LogP contribution >= 0.6 is 38.8 Å². The first kappa shape index (κ1) is 9.22. The predicted molar refractivity (Wildman–Crippen MR) is 46.2 cm³/mol. The van der Waals surface area contributed by atoms with Crippen molar-refractivity contribution in [2.24, 2.45) is 0 Å². The molecule has 0 aromatic heterocycles. The molecule has 0 aliphatic rings. The van der Waals surface area contributed by atoms with Gasteiger partial charge in [0, 0.05) is 11.5 Å². The molecule has 8 heavy (non-hydrogen) atoms. The second kappa shape index (κ2) is 2.45. The van der Waals surface area contributed by atoms with E-state index in [0.29, 0.717) is 11.5 Å². The minimum atomic E-state index is -2.46. The van der Waals surface area contributed by atoms with E-state index in [-0.39, 0.29) is 0 Å². The van der Waals surface area contributed by atoms with Crippen molar-refractivity contribution in [3.05, 3.63) is 0 Å². The molecule has 0 rings (SSSR count).